The highest BCUT2D eigenvalue weighted by atomic mass is 32.1. The molecule has 3 rings (SSSR count). The molecule has 24 heavy (non-hydrogen) atoms. The van der Waals surface area contributed by atoms with Crippen molar-refractivity contribution >= 4 is 23.1 Å². The molecule has 0 saturated heterocycles. The van der Waals surface area contributed by atoms with Crippen molar-refractivity contribution in [1.29, 1.82) is 0 Å². The van der Waals surface area contributed by atoms with Crippen LogP contribution in [0.5, 0.6) is 0 Å². The van der Waals surface area contributed by atoms with Gasteiger partial charge in [0.1, 0.15) is 5.82 Å². The molecule has 2 heterocycles. The summed E-state index contributed by atoms with van der Waals surface area (Å²) in [5.41, 5.74) is 7.12. The lowest BCUT2D eigenvalue weighted by atomic mass is 9.94. The second-order valence-corrected chi connectivity index (χ2v) is 7.14. The summed E-state index contributed by atoms with van der Waals surface area (Å²) in [4.78, 5) is 18.5. The van der Waals surface area contributed by atoms with Crippen molar-refractivity contribution in [2.45, 2.75) is 19.4 Å². The Morgan fingerprint density at radius 2 is 1.79 bits per heavy atom. The van der Waals surface area contributed by atoms with Crippen LogP contribution in [0, 0.1) is 0 Å². The molecule has 0 saturated carbocycles. The van der Waals surface area contributed by atoms with Crippen molar-refractivity contribution in [2.75, 3.05) is 5.73 Å². The van der Waals surface area contributed by atoms with Gasteiger partial charge in [0.25, 0.3) is 5.91 Å². The van der Waals surface area contributed by atoms with Gasteiger partial charge >= 0.3 is 0 Å². The largest absolute Gasteiger partial charge is 0.384 e. The Morgan fingerprint density at radius 3 is 2.50 bits per heavy atom. The minimum Gasteiger partial charge on any atom is -0.384 e. The zero-order valence-electron chi connectivity index (χ0n) is 13.6. The van der Waals surface area contributed by atoms with Crippen LogP contribution >= 0.6 is 11.3 Å². The molecular weight excluding hydrogens is 318 g/mol. The molecule has 1 aromatic carbocycles. The Labute approximate surface area is 145 Å². The first-order valence-corrected chi connectivity index (χ1v) is 8.48. The van der Waals surface area contributed by atoms with Gasteiger partial charge < -0.3 is 11.1 Å². The highest BCUT2D eigenvalue weighted by molar-refractivity contribution is 7.17. The van der Waals surface area contributed by atoms with Gasteiger partial charge in [-0.1, -0.05) is 36.4 Å². The van der Waals surface area contributed by atoms with Crippen LogP contribution in [0.15, 0.2) is 60.7 Å². The molecule has 5 heteroatoms. The minimum absolute atomic E-state index is 0.0935. The molecule has 3 N–H and O–H groups in total. The number of carbonyl (C=O) groups is 1. The average Bonchev–Trinajstić information content (AvgIpc) is 3.05. The molecule has 4 nitrogen and oxygen atoms in total. The molecule has 0 unspecified atom stereocenters. The van der Waals surface area contributed by atoms with Crippen LogP contribution in [0.4, 0.5) is 5.82 Å². The van der Waals surface area contributed by atoms with Crippen LogP contribution in [0.25, 0.3) is 10.6 Å². The normalized spacial score (nSPS) is 11.2. The average molecular weight is 337 g/mol. The van der Waals surface area contributed by atoms with E-state index in [1.54, 1.807) is 6.07 Å². The lowest BCUT2D eigenvalue weighted by Gasteiger charge is -2.26. The van der Waals surface area contributed by atoms with E-state index in [-0.39, 0.29) is 5.91 Å². The van der Waals surface area contributed by atoms with Gasteiger partial charge in [-0.3, -0.25) is 4.79 Å². The maximum absolute atomic E-state index is 12.6. The molecule has 0 aliphatic heterocycles. The highest BCUT2D eigenvalue weighted by Crippen LogP contribution is 2.28. The van der Waals surface area contributed by atoms with Crippen molar-refractivity contribution in [2.24, 2.45) is 0 Å². The van der Waals surface area contributed by atoms with Gasteiger partial charge in [-0.05, 0) is 43.7 Å². The molecule has 2 aromatic heterocycles. The molecule has 1 amide bonds. The van der Waals surface area contributed by atoms with Crippen LogP contribution < -0.4 is 11.1 Å². The summed E-state index contributed by atoms with van der Waals surface area (Å²) < 4.78 is 0. The summed E-state index contributed by atoms with van der Waals surface area (Å²) in [6, 6.07) is 19.1. The molecule has 0 spiro atoms. The molecule has 122 valence electrons. The smallest absolute Gasteiger partial charge is 0.262 e. The van der Waals surface area contributed by atoms with Crippen LogP contribution in [-0.2, 0) is 5.54 Å². The predicted molar refractivity (Wildman–Crippen MR) is 98.9 cm³/mol. The van der Waals surface area contributed by atoms with Gasteiger partial charge in [0.2, 0.25) is 0 Å². The standard InChI is InChI=1S/C19H19N3OS/c1-19(2,13-7-4-3-5-8-13)22-18(23)16-12-11-15(24-16)14-9-6-10-17(20)21-14/h3-12H,1-2H3,(H2,20,21)(H,22,23). The van der Waals surface area contributed by atoms with Crippen LogP contribution in [0.1, 0.15) is 29.1 Å². The molecule has 3 aromatic rings. The number of rotatable bonds is 4. The Kier molecular flexibility index (Phi) is 4.36. The number of carbonyl (C=O) groups excluding carboxylic acids is 1. The molecule has 0 bridgehead atoms. The number of nitrogens with zero attached hydrogens (tertiary/aromatic N) is 1. The first kappa shape index (κ1) is 16.2. The third kappa shape index (κ3) is 3.46. The third-order valence-electron chi connectivity index (χ3n) is 3.77. The number of nitrogens with two attached hydrogens (primary N) is 1. The summed E-state index contributed by atoms with van der Waals surface area (Å²) in [5.74, 6) is 0.376. The summed E-state index contributed by atoms with van der Waals surface area (Å²) in [6.07, 6.45) is 0. The zero-order valence-corrected chi connectivity index (χ0v) is 14.4. The molecule has 0 radical (unpaired) electrons. The topological polar surface area (TPSA) is 68.0 Å². The van der Waals surface area contributed by atoms with Gasteiger partial charge in [-0.15, -0.1) is 11.3 Å². The number of nitrogen functional groups attached to an aromatic ring is 1. The highest BCUT2D eigenvalue weighted by Gasteiger charge is 2.24. The van der Waals surface area contributed by atoms with Gasteiger partial charge in [0, 0.05) is 0 Å². The molecule has 0 fully saturated rings. The Morgan fingerprint density at radius 1 is 1.04 bits per heavy atom. The fourth-order valence-electron chi connectivity index (χ4n) is 2.46. The fourth-order valence-corrected chi connectivity index (χ4v) is 3.33. The number of anilines is 1. The molecule has 0 aliphatic carbocycles. The van der Waals surface area contributed by atoms with Gasteiger partial charge in [-0.2, -0.15) is 0 Å². The summed E-state index contributed by atoms with van der Waals surface area (Å²) in [7, 11) is 0. The number of benzene rings is 1. The Balaban J connectivity index is 1.79. The van der Waals surface area contributed by atoms with Crippen LogP contribution in [-0.4, -0.2) is 10.9 Å². The van der Waals surface area contributed by atoms with Crippen molar-refractivity contribution < 1.29 is 4.79 Å². The zero-order chi connectivity index (χ0) is 17.2. The van der Waals surface area contributed by atoms with Crippen LogP contribution in [0.2, 0.25) is 0 Å². The summed E-state index contributed by atoms with van der Waals surface area (Å²) in [6.45, 7) is 3.99. The number of thiophene rings is 1. The molecular formula is C19H19N3OS. The number of hydrogen-bond acceptors (Lipinski definition) is 4. The minimum atomic E-state index is -0.447. The number of amides is 1. The van der Waals surface area contributed by atoms with E-state index in [4.69, 9.17) is 5.73 Å². The lowest BCUT2D eigenvalue weighted by Crippen LogP contribution is -2.40. The molecule has 0 atom stereocenters. The van der Waals surface area contributed by atoms with Crippen molar-refractivity contribution in [3.05, 3.63) is 71.1 Å². The van der Waals surface area contributed by atoms with E-state index in [1.165, 1.54) is 11.3 Å². The number of pyridine rings is 1. The second kappa shape index (κ2) is 6.45. The van der Waals surface area contributed by atoms with E-state index in [2.05, 4.69) is 10.3 Å². The predicted octanol–water partition coefficient (Wildman–Crippen LogP) is 4.06. The van der Waals surface area contributed by atoms with Crippen LogP contribution in [0.3, 0.4) is 0 Å². The maximum Gasteiger partial charge on any atom is 0.262 e. The Hall–Kier alpha value is -2.66. The number of nitrogens with one attached hydrogen (secondary N) is 1. The SMILES string of the molecule is CC(C)(NC(=O)c1ccc(-c2cccc(N)n2)s1)c1ccccc1. The lowest BCUT2D eigenvalue weighted by molar-refractivity contribution is 0.0916. The maximum atomic E-state index is 12.6. The van der Waals surface area contributed by atoms with E-state index in [0.717, 1.165) is 16.1 Å². The first-order chi connectivity index (χ1) is 11.5. The van der Waals surface area contributed by atoms with E-state index in [0.29, 0.717) is 10.7 Å². The van der Waals surface area contributed by atoms with E-state index in [9.17, 15) is 4.79 Å². The quantitative estimate of drug-likeness (QED) is 0.754. The van der Waals surface area contributed by atoms with Crippen molar-refractivity contribution in [3.63, 3.8) is 0 Å². The van der Waals surface area contributed by atoms with E-state index < -0.39 is 5.54 Å². The van der Waals surface area contributed by atoms with Crippen molar-refractivity contribution in [3.8, 4) is 10.6 Å². The Bertz CT molecular complexity index is 856. The third-order valence-corrected chi connectivity index (χ3v) is 4.88. The van der Waals surface area contributed by atoms with E-state index in [1.807, 2.05) is 68.4 Å². The number of aromatic nitrogens is 1. The van der Waals surface area contributed by atoms with Gasteiger partial charge in [0.15, 0.2) is 0 Å². The monoisotopic (exact) mass is 337 g/mol. The molecule has 0 aliphatic rings. The van der Waals surface area contributed by atoms with Crippen molar-refractivity contribution in [1.82, 2.24) is 10.3 Å². The fraction of sp³-hybridized carbons (Fsp3) is 0.158. The summed E-state index contributed by atoms with van der Waals surface area (Å²) in [5, 5.41) is 3.09. The summed E-state index contributed by atoms with van der Waals surface area (Å²) >= 11 is 1.41. The second-order valence-electron chi connectivity index (χ2n) is 6.06. The van der Waals surface area contributed by atoms with Gasteiger partial charge in [0.05, 0.1) is 21.0 Å². The first-order valence-electron chi connectivity index (χ1n) is 7.66. The van der Waals surface area contributed by atoms with Gasteiger partial charge in [-0.25, -0.2) is 4.98 Å². The van der Waals surface area contributed by atoms with E-state index >= 15 is 0 Å². The number of hydrogen-bond donors (Lipinski definition) is 2.